The third-order valence-corrected chi connectivity index (χ3v) is 7.36. The van der Waals surface area contributed by atoms with Crippen molar-refractivity contribution >= 4 is 52.4 Å². The number of aromatic nitrogens is 1. The van der Waals surface area contributed by atoms with Crippen LogP contribution in [0.5, 0.6) is 0 Å². The van der Waals surface area contributed by atoms with E-state index >= 15 is 0 Å². The number of benzene rings is 3. The Balaban J connectivity index is 1.64. The number of nitrogens with zero attached hydrogens (tertiary/aromatic N) is 3. The molecule has 4 aromatic rings. The SMILES string of the molecule is Cc1ccc(Sc2ccc([N+](=O)[O-])cc2CN(CCc2ccccn2)C(=O)Nc2ccc(Cl)cc2Cl)cc1. The maximum atomic E-state index is 13.5. The molecule has 0 atom stereocenters. The molecule has 7 nitrogen and oxygen atoms in total. The topological polar surface area (TPSA) is 88.4 Å². The normalized spacial score (nSPS) is 10.7. The minimum Gasteiger partial charge on any atom is -0.320 e. The highest BCUT2D eigenvalue weighted by molar-refractivity contribution is 7.99. The lowest BCUT2D eigenvalue weighted by atomic mass is 10.1. The molecule has 0 aliphatic rings. The lowest BCUT2D eigenvalue weighted by Gasteiger charge is -2.24. The number of anilines is 1. The molecule has 0 aliphatic carbocycles. The monoisotopic (exact) mass is 566 g/mol. The Bertz CT molecular complexity index is 1440. The van der Waals surface area contributed by atoms with Gasteiger partial charge in [-0.2, -0.15) is 0 Å². The Morgan fingerprint density at radius 2 is 1.84 bits per heavy atom. The van der Waals surface area contributed by atoms with Gasteiger partial charge in [-0.15, -0.1) is 0 Å². The van der Waals surface area contributed by atoms with Crippen LogP contribution in [0.3, 0.4) is 0 Å². The van der Waals surface area contributed by atoms with Gasteiger partial charge in [0.25, 0.3) is 5.69 Å². The zero-order valence-electron chi connectivity index (χ0n) is 20.4. The second kappa shape index (κ2) is 12.8. The molecule has 1 heterocycles. The van der Waals surface area contributed by atoms with Crippen LogP contribution in [0.1, 0.15) is 16.8 Å². The van der Waals surface area contributed by atoms with Crippen molar-refractivity contribution in [1.29, 1.82) is 0 Å². The molecule has 3 aromatic carbocycles. The Kier molecular flexibility index (Phi) is 9.23. The molecule has 0 saturated carbocycles. The molecule has 0 bridgehead atoms. The van der Waals surface area contributed by atoms with Gasteiger partial charge < -0.3 is 10.2 Å². The van der Waals surface area contributed by atoms with Crippen molar-refractivity contribution in [3.63, 3.8) is 0 Å². The molecule has 0 saturated heterocycles. The van der Waals surface area contributed by atoms with E-state index < -0.39 is 11.0 Å². The summed E-state index contributed by atoms with van der Waals surface area (Å²) in [7, 11) is 0. The molecule has 0 unspecified atom stereocenters. The minimum absolute atomic E-state index is 0.0425. The Morgan fingerprint density at radius 1 is 1.05 bits per heavy atom. The van der Waals surface area contributed by atoms with E-state index in [0.717, 1.165) is 21.0 Å². The van der Waals surface area contributed by atoms with E-state index in [2.05, 4.69) is 10.3 Å². The smallest absolute Gasteiger partial charge is 0.320 e. The van der Waals surface area contributed by atoms with Crippen LogP contribution in [0.4, 0.5) is 16.2 Å². The van der Waals surface area contributed by atoms with Crippen LogP contribution in [0.15, 0.2) is 94.9 Å². The summed E-state index contributed by atoms with van der Waals surface area (Å²) >= 11 is 13.8. The summed E-state index contributed by atoms with van der Waals surface area (Å²) in [6.07, 6.45) is 2.20. The molecular formula is C28H24Cl2N4O3S. The second-order valence-corrected chi connectivity index (χ2v) is 10.5. The fraction of sp³-hybridized carbons (Fsp3) is 0.143. The zero-order chi connectivity index (χ0) is 27.1. The maximum Gasteiger partial charge on any atom is 0.322 e. The minimum atomic E-state index is -0.435. The molecule has 10 heteroatoms. The van der Waals surface area contributed by atoms with Gasteiger partial charge in [-0.05, 0) is 61.0 Å². The lowest BCUT2D eigenvalue weighted by molar-refractivity contribution is -0.385. The quantitative estimate of drug-likeness (QED) is 0.163. The fourth-order valence-electron chi connectivity index (χ4n) is 3.67. The van der Waals surface area contributed by atoms with Crippen LogP contribution in [-0.2, 0) is 13.0 Å². The third-order valence-electron chi connectivity index (χ3n) is 5.69. The van der Waals surface area contributed by atoms with Crippen molar-refractivity contribution in [3.05, 3.63) is 122 Å². The standard InChI is InChI=1S/C28H24Cl2N4O3S/c1-19-5-9-24(10-6-19)38-27-12-8-23(34(36)37)16-20(27)18-33(15-13-22-4-2-3-14-31-22)28(35)32-26-11-7-21(29)17-25(26)30/h2-12,14,16-17H,13,15,18H2,1H3,(H,32,35). The van der Waals surface area contributed by atoms with Crippen molar-refractivity contribution in [2.24, 2.45) is 0 Å². The van der Waals surface area contributed by atoms with Crippen LogP contribution in [-0.4, -0.2) is 27.4 Å². The van der Waals surface area contributed by atoms with Gasteiger partial charge in [0.2, 0.25) is 0 Å². The molecule has 38 heavy (non-hydrogen) atoms. The van der Waals surface area contributed by atoms with Crippen molar-refractivity contribution < 1.29 is 9.72 Å². The Hall–Kier alpha value is -3.59. The summed E-state index contributed by atoms with van der Waals surface area (Å²) in [6, 6.07) is 22.8. The number of nitro groups is 1. The van der Waals surface area contributed by atoms with Gasteiger partial charge in [0.15, 0.2) is 0 Å². The number of pyridine rings is 1. The maximum absolute atomic E-state index is 13.5. The number of amides is 2. The summed E-state index contributed by atoms with van der Waals surface area (Å²) in [5.41, 5.74) is 2.99. The number of hydrogen-bond donors (Lipinski definition) is 1. The predicted molar refractivity (Wildman–Crippen MR) is 152 cm³/mol. The number of nitrogens with one attached hydrogen (secondary N) is 1. The summed E-state index contributed by atoms with van der Waals surface area (Å²) in [5.74, 6) is 0. The Labute approximate surface area is 235 Å². The van der Waals surface area contributed by atoms with Crippen molar-refractivity contribution in [1.82, 2.24) is 9.88 Å². The number of aryl methyl sites for hydroxylation is 1. The summed E-state index contributed by atoms with van der Waals surface area (Å²) in [6.45, 7) is 2.47. The first-order chi connectivity index (χ1) is 18.3. The number of urea groups is 1. The van der Waals surface area contributed by atoms with Crippen LogP contribution >= 0.6 is 35.0 Å². The van der Waals surface area contributed by atoms with E-state index in [-0.39, 0.29) is 12.2 Å². The zero-order valence-corrected chi connectivity index (χ0v) is 22.8. The van der Waals surface area contributed by atoms with Crippen LogP contribution in [0.25, 0.3) is 0 Å². The van der Waals surface area contributed by atoms with Crippen molar-refractivity contribution in [3.8, 4) is 0 Å². The number of carbonyl (C=O) groups is 1. The molecule has 0 radical (unpaired) electrons. The molecule has 2 amide bonds. The molecule has 4 rings (SSSR count). The van der Waals surface area contributed by atoms with Crippen LogP contribution in [0, 0.1) is 17.0 Å². The van der Waals surface area contributed by atoms with Crippen LogP contribution < -0.4 is 5.32 Å². The number of carbonyl (C=O) groups excluding carboxylic acids is 1. The molecule has 1 aromatic heterocycles. The first-order valence-electron chi connectivity index (χ1n) is 11.7. The number of halogens is 2. The Morgan fingerprint density at radius 3 is 2.53 bits per heavy atom. The van der Waals surface area contributed by atoms with Gasteiger partial charge in [0, 0.05) is 58.3 Å². The molecule has 194 valence electrons. The highest BCUT2D eigenvalue weighted by Crippen LogP contribution is 2.34. The van der Waals surface area contributed by atoms with Gasteiger partial charge >= 0.3 is 6.03 Å². The molecular weight excluding hydrogens is 543 g/mol. The van der Waals surface area contributed by atoms with E-state index in [1.54, 1.807) is 35.4 Å². The van der Waals surface area contributed by atoms with Gasteiger partial charge in [-0.3, -0.25) is 15.1 Å². The highest BCUT2D eigenvalue weighted by Gasteiger charge is 2.20. The molecule has 1 N–H and O–H groups in total. The van der Waals surface area contributed by atoms with Crippen molar-refractivity contribution in [2.75, 3.05) is 11.9 Å². The van der Waals surface area contributed by atoms with E-state index in [0.29, 0.717) is 34.3 Å². The van der Waals surface area contributed by atoms with Crippen LogP contribution in [0.2, 0.25) is 10.0 Å². The first kappa shape index (κ1) is 27.4. The summed E-state index contributed by atoms with van der Waals surface area (Å²) < 4.78 is 0. The largest absolute Gasteiger partial charge is 0.322 e. The third kappa shape index (κ3) is 7.47. The van der Waals surface area contributed by atoms with E-state index in [9.17, 15) is 14.9 Å². The van der Waals surface area contributed by atoms with E-state index in [1.165, 1.54) is 23.9 Å². The van der Waals surface area contributed by atoms with Gasteiger partial charge in [0.05, 0.1) is 15.6 Å². The van der Waals surface area contributed by atoms with Crippen molar-refractivity contribution in [2.45, 2.75) is 29.7 Å². The van der Waals surface area contributed by atoms with E-state index in [1.807, 2.05) is 49.4 Å². The van der Waals surface area contributed by atoms with Gasteiger partial charge in [-0.25, -0.2) is 4.79 Å². The average molecular weight is 567 g/mol. The fourth-order valence-corrected chi connectivity index (χ4v) is 5.05. The number of hydrogen-bond acceptors (Lipinski definition) is 5. The second-order valence-electron chi connectivity index (χ2n) is 8.51. The average Bonchev–Trinajstić information content (AvgIpc) is 2.90. The summed E-state index contributed by atoms with van der Waals surface area (Å²) in [4.78, 5) is 32.4. The molecule has 0 fully saturated rings. The summed E-state index contributed by atoms with van der Waals surface area (Å²) in [5, 5.41) is 15.2. The predicted octanol–water partition coefficient (Wildman–Crippen LogP) is 8.03. The molecule has 0 aliphatic heterocycles. The number of nitro benzene ring substituents is 1. The molecule has 0 spiro atoms. The van der Waals surface area contributed by atoms with Gasteiger partial charge in [-0.1, -0.05) is 58.7 Å². The van der Waals surface area contributed by atoms with E-state index in [4.69, 9.17) is 23.2 Å². The van der Waals surface area contributed by atoms with Gasteiger partial charge in [0.1, 0.15) is 0 Å². The lowest BCUT2D eigenvalue weighted by Crippen LogP contribution is -2.36. The highest BCUT2D eigenvalue weighted by atomic mass is 35.5. The number of non-ortho nitro benzene ring substituents is 1. The first-order valence-corrected chi connectivity index (χ1v) is 13.3. The number of rotatable bonds is 9.